The van der Waals surface area contributed by atoms with Crippen LogP contribution in [0.4, 0.5) is 0 Å². The van der Waals surface area contributed by atoms with Crippen molar-refractivity contribution in [3.8, 4) is 89.5 Å². The molecule has 560 valence electrons. The Morgan fingerprint density at radius 1 is 0.287 bits per heavy atom. The molecule has 0 amide bonds. The van der Waals surface area contributed by atoms with Crippen molar-refractivity contribution in [1.29, 1.82) is 0 Å². The molecule has 0 unspecified atom stereocenters. The zero-order valence-corrected chi connectivity index (χ0v) is 70.0. The summed E-state index contributed by atoms with van der Waals surface area (Å²) in [4.78, 5) is 0. The normalized spacial score (nSPS) is 13.5. The van der Waals surface area contributed by atoms with E-state index in [-0.39, 0.29) is 5.41 Å². The summed E-state index contributed by atoms with van der Waals surface area (Å²) < 4.78 is 91.6. The molecule has 0 radical (unpaired) electrons. The third kappa shape index (κ3) is 20.8. The van der Waals surface area contributed by atoms with Gasteiger partial charge in [0.1, 0.15) is 28.2 Å². The third-order valence-electron chi connectivity index (χ3n) is 20.3. The van der Waals surface area contributed by atoms with Crippen molar-refractivity contribution < 1.29 is 32.0 Å². The molecular weight excluding hydrogens is 1310 g/mol. The summed E-state index contributed by atoms with van der Waals surface area (Å²) in [6, 6.07) is 66.1. The Labute approximate surface area is 667 Å². The molecule has 0 aliphatic carbocycles. The van der Waals surface area contributed by atoms with Gasteiger partial charge in [-0.15, -0.1) is 0 Å². The van der Waals surface area contributed by atoms with Gasteiger partial charge in [-0.05, 0) is 259 Å². The molecule has 108 heavy (non-hydrogen) atoms. The van der Waals surface area contributed by atoms with Crippen LogP contribution in [0.25, 0.3) is 89.5 Å². The molecule has 0 aliphatic rings. The Bertz CT molecular complexity index is 5590. The summed E-state index contributed by atoms with van der Waals surface area (Å²) in [5.41, 5.74) is 33.6. The number of rotatable bonds is 13. The van der Waals surface area contributed by atoms with E-state index in [1.54, 1.807) is 12.1 Å². The summed E-state index contributed by atoms with van der Waals surface area (Å²) >= 11 is 0. The predicted molar refractivity (Wildman–Crippen MR) is 464 cm³/mol. The summed E-state index contributed by atoms with van der Waals surface area (Å²) in [6.45, 7) is 41.5. The molecule has 4 heterocycles. The Morgan fingerprint density at radius 2 is 0.574 bits per heavy atom. The third-order valence-corrected chi connectivity index (χ3v) is 20.3. The molecule has 8 aromatic carbocycles. The van der Waals surface area contributed by atoms with Crippen molar-refractivity contribution in [2.24, 2.45) is 44.4 Å². The van der Waals surface area contributed by atoms with Gasteiger partial charge in [0.05, 0.1) is 0 Å². The Balaban J connectivity index is 0.000000180. The van der Waals surface area contributed by atoms with E-state index in [2.05, 4.69) is 216 Å². The molecule has 0 bridgehead atoms. The Morgan fingerprint density at radius 3 is 0.917 bits per heavy atom. The van der Waals surface area contributed by atoms with Crippen molar-refractivity contribution in [2.75, 3.05) is 0 Å². The van der Waals surface area contributed by atoms with Crippen LogP contribution in [0.5, 0.6) is 0 Å². The van der Waals surface area contributed by atoms with Gasteiger partial charge >= 0.3 is 0 Å². The van der Waals surface area contributed by atoms with Gasteiger partial charge in [0.15, 0.2) is 24.8 Å². The van der Waals surface area contributed by atoms with E-state index in [1.807, 2.05) is 190 Å². The topological polar surface area (TPSA) is 15.5 Å². The second-order valence-electron chi connectivity index (χ2n) is 34.1. The Kier molecular flexibility index (Phi) is 22.1. The van der Waals surface area contributed by atoms with Gasteiger partial charge in [-0.25, -0.2) is 18.3 Å². The number of aryl methyl sites for hydroxylation is 15. The molecule has 4 aromatic heterocycles. The monoisotopic (exact) mass is 1440 g/mol. The first kappa shape index (κ1) is 68.9. The molecule has 4 heteroatoms. The number of hydrogen-bond acceptors (Lipinski definition) is 0. The molecule has 0 saturated heterocycles. The Hall–Kier alpha value is -9.64. The number of hydrogen-bond donors (Lipinski definition) is 0. The van der Waals surface area contributed by atoms with Gasteiger partial charge in [0.25, 0.3) is 0 Å². The number of pyridine rings is 4. The molecular formula is C104H128N4+4. The van der Waals surface area contributed by atoms with Crippen LogP contribution in [-0.4, -0.2) is 0 Å². The zero-order valence-electron chi connectivity index (χ0n) is 80.0. The largest absolute Gasteiger partial charge is 0.212 e. The van der Waals surface area contributed by atoms with Crippen LogP contribution < -0.4 is 18.3 Å². The van der Waals surface area contributed by atoms with Gasteiger partial charge < -0.3 is 0 Å². The van der Waals surface area contributed by atoms with Crippen molar-refractivity contribution in [1.82, 2.24) is 0 Å². The summed E-state index contributed by atoms with van der Waals surface area (Å²) in [7, 11) is 8.17. The van der Waals surface area contributed by atoms with Crippen molar-refractivity contribution in [3.05, 3.63) is 308 Å². The van der Waals surface area contributed by atoms with Crippen LogP contribution in [0.1, 0.15) is 205 Å². The maximum Gasteiger partial charge on any atom is 0.212 e. The lowest BCUT2D eigenvalue weighted by molar-refractivity contribution is -0.661. The summed E-state index contributed by atoms with van der Waals surface area (Å²) in [6.07, 6.45) is 9.08. The molecule has 0 spiro atoms. The van der Waals surface area contributed by atoms with Gasteiger partial charge in [-0.3, -0.25) is 0 Å². The predicted octanol–water partition coefficient (Wildman–Crippen LogP) is 25.8. The lowest BCUT2D eigenvalue weighted by Gasteiger charge is -2.20. The number of aromatic nitrogens is 4. The first-order valence-corrected chi connectivity index (χ1v) is 38.4. The SMILES string of the molecule is Cc1c[n+](C)c(-c2cc(-c3ccccc3)c(C)cc2C)cc1CC(C)(C)C.Cc1cc(-c2cc(-c3ccccc3)c(C)cc2C)[n+](C)cc1CC(C)(C)C.[2H]C([2H])([2H])c1cc(C)c(-c2cc(C([2H])(C)C)c(C([2H])(C)C)c[n+]2C)cc1-c1ccccc1.[2H]C([2H])([2H])c1cc(C)c(-c2cc(C)c(C([2H])([2H])C(C)(C)C)c[n+]2C)cc1-c1ccccc1. The van der Waals surface area contributed by atoms with Crippen molar-refractivity contribution in [3.63, 3.8) is 0 Å². The lowest BCUT2D eigenvalue weighted by Crippen LogP contribution is -2.32. The van der Waals surface area contributed by atoms with Gasteiger partial charge in [0, 0.05) is 82.5 Å². The van der Waals surface area contributed by atoms with E-state index in [0.717, 1.165) is 74.3 Å². The van der Waals surface area contributed by atoms with Crippen molar-refractivity contribution in [2.45, 2.75) is 197 Å². The molecule has 0 fully saturated rings. The fraction of sp³-hybridized carbons (Fsp3) is 0.346. The fourth-order valence-electron chi connectivity index (χ4n) is 14.8. The van der Waals surface area contributed by atoms with Crippen LogP contribution in [0.2, 0.25) is 0 Å². The highest BCUT2D eigenvalue weighted by Crippen LogP contribution is 2.39. The van der Waals surface area contributed by atoms with E-state index in [4.69, 9.17) is 13.7 Å². The molecule has 0 saturated carbocycles. The quantitative estimate of drug-likeness (QED) is 0.102. The standard InChI is InChI=1S/4C26H32N/c2*1-18-14-25(27(7)17-22(18)16-26(4,5)6)24-15-23(19(2)13-20(24)3)21-11-9-8-10-12-21;1-18-13-19(2)24(15-23(18)21-11-9-8-10-12-21)25-14-22(16-26(4,5)6)20(3)17-27(25)7;1-17(2)22-15-26(27(7)16-25(22)18(3)4)24-14-23(19(5)13-20(24)6)21-11-9-8-10-12-21/h3*8-15,17H,16H2,1-7H3;8-18H,1-7H3/q4*+1/i2D3,16D2;;;5D3,17D,18D. The highest BCUT2D eigenvalue weighted by atomic mass is 14.9. The van der Waals surface area contributed by atoms with Crippen LogP contribution in [0, 0.1) is 92.3 Å². The lowest BCUT2D eigenvalue weighted by atomic mass is 9.86. The average Bonchev–Trinajstić information content (AvgIpc) is 0.761. The van der Waals surface area contributed by atoms with Gasteiger partial charge in [-0.2, -0.15) is 0 Å². The van der Waals surface area contributed by atoms with Crippen LogP contribution in [-0.2, 0) is 47.4 Å². The van der Waals surface area contributed by atoms with Crippen molar-refractivity contribution >= 4 is 0 Å². The molecule has 12 rings (SSSR count). The van der Waals surface area contributed by atoms with E-state index in [0.29, 0.717) is 33.2 Å². The maximum absolute atomic E-state index is 8.71. The van der Waals surface area contributed by atoms with Gasteiger partial charge in [0.2, 0.25) is 22.8 Å². The maximum atomic E-state index is 8.71. The number of nitrogens with zero attached hydrogens (tertiary/aromatic N) is 4. The van der Waals surface area contributed by atoms with Crippen LogP contribution >= 0.6 is 0 Å². The summed E-state index contributed by atoms with van der Waals surface area (Å²) in [5.74, 6) is -1.73. The minimum absolute atomic E-state index is 0.277. The minimum atomic E-state index is -2.23. The molecule has 0 N–H and O–H groups in total. The summed E-state index contributed by atoms with van der Waals surface area (Å²) in [5, 5.41) is 0. The van der Waals surface area contributed by atoms with Gasteiger partial charge in [-0.1, -0.05) is 236 Å². The van der Waals surface area contributed by atoms with Crippen LogP contribution in [0.3, 0.4) is 0 Å². The van der Waals surface area contributed by atoms with E-state index < -0.39 is 37.3 Å². The number of benzene rings is 8. The average molecular weight is 1440 g/mol. The first-order valence-electron chi connectivity index (χ1n) is 43.4. The molecule has 0 atom stereocenters. The molecule has 4 nitrogen and oxygen atoms in total. The van der Waals surface area contributed by atoms with Crippen LogP contribution in [0.15, 0.2) is 219 Å². The minimum Gasteiger partial charge on any atom is -0.201 e. The second-order valence-corrected chi connectivity index (χ2v) is 34.1. The highest BCUT2D eigenvalue weighted by Gasteiger charge is 2.27. The zero-order chi connectivity index (χ0) is 87.7. The molecule has 0 aliphatic heterocycles. The second kappa shape index (κ2) is 34.7. The van der Waals surface area contributed by atoms with E-state index in [1.165, 1.54) is 89.3 Å². The van der Waals surface area contributed by atoms with E-state index >= 15 is 0 Å². The smallest absolute Gasteiger partial charge is 0.201 e. The fourth-order valence-corrected chi connectivity index (χ4v) is 14.8. The van der Waals surface area contributed by atoms with E-state index in [9.17, 15) is 0 Å². The first-order chi connectivity index (χ1) is 54.6. The molecule has 12 aromatic rings. The highest BCUT2D eigenvalue weighted by molar-refractivity contribution is 5.80.